The summed E-state index contributed by atoms with van der Waals surface area (Å²) in [6, 6.07) is 0.536. The van der Waals surface area contributed by atoms with Gasteiger partial charge in [-0.05, 0) is 44.5 Å². The van der Waals surface area contributed by atoms with Gasteiger partial charge in [-0.25, -0.2) is 19.0 Å². The highest BCUT2D eigenvalue weighted by Gasteiger charge is 2.65. The lowest BCUT2D eigenvalue weighted by Gasteiger charge is -2.51. The molecule has 15 heteroatoms. The molecule has 3 aliphatic rings. The van der Waals surface area contributed by atoms with Gasteiger partial charge in [0, 0.05) is 31.3 Å². The van der Waals surface area contributed by atoms with Crippen molar-refractivity contribution in [3.63, 3.8) is 0 Å². The van der Waals surface area contributed by atoms with Gasteiger partial charge in [-0.15, -0.1) is 0 Å². The number of allylic oxidation sites excluding steroid dienone is 1. The number of nitrogens with zero attached hydrogens (tertiary/aromatic N) is 2. The molecule has 8 N–H and O–H groups in total. The fourth-order valence-corrected chi connectivity index (χ4v) is 6.61. The first kappa shape index (κ1) is 31.0. The van der Waals surface area contributed by atoms with Gasteiger partial charge in [0.25, 0.3) is 5.91 Å². The minimum atomic E-state index is -3.51. The first-order valence-electron chi connectivity index (χ1n) is 12.8. The fourth-order valence-electron chi connectivity index (χ4n) is 6.28. The van der Waals surface area contributed by atoms with Crippen LogP contribution in [-0.4, -0.2) is 98.7 Å². The first-order valence-corrected chi connectivity index (χ1v) is 14.7. The molecule has 0 bridgehead atoms. The highest BCUT2D eigenvalue weighted by Crippen LogP contribution is 2.54. The first-order chi connectivity index (χ1) is 19.5. The minimum absolute atomic E-state index is 0.0266. The summed E-state index contributed by atoms with van der Waals surface area (Å²) in [5.41, 5.74) is 2.85. The summed E-state index contributed by atoms with van der Waals surface area (Å²) in [6.07, 6.45) is 1.14. The average molecular weight is 604 g/mol. The van der Waals surface area contributed by atoms with E-state index in [0.717, 1.165) is 6.26 Å². The fraction of sp³-hybridized carbons (Fsp3) is 0.444. The van der Waals surface area contributed by atoms with E-state index in [2.05, 4.69) is 16.6 Å². The number of aliphatic hydroxyl groups excluding tert-OH is 2. The summed E-state index contributed by atoms with van der Waals surface area (Å²) in [6.45, 7) is -0.246. The van der Waals surface area contributed by atoms with E-state index in [4.69, 9.17) is 16.5 Å². The van der Waals surface area contributed by atoms with Gasteiger partial charge in [0.15, 0.2) is 5.78 Å². The van der Waals surface area contributed by atoms with E-state index >= 15 is 0 Å². The third-order valence-corrected chi connectivity index (χ3v) is 8.65. The molecule has 1 amide bonds. The van der Waals surface area contributed by atoms with Gasteiger partial charge in [-0.2, -0.15) is 0 Å². The van der Waals surface area contributed by atoms with Crippen molar-refractivity contribution in [3.05, 3.63) is 45.4 Å². The molecule has 0 unspecified atom stereocenters. The lowest BCUT2D eigenvalue weighted by Crippen LogP contribution is -2.65. The standard InChI is InChI=1S/C27H33N5O9S/c1-31(2)16-11-12(7-6-8-30-42(5,39)40)21(33)18-14(16)9-13-10-15-20(32(3)4)23(35)19(26(28)38)25(37)27(15,41-29)24(36)17(13)22(18)34/h11,13,15,20,30,33,35-36H,8-10,29H2,1-5H3,(H2,28,38)/t13-,15-,20-,27-/m0/s1. The molecule has 0 radical (unpaired) electrons. The second-order valence-corrected chi connectivity index (χ2v) is 12.8. The SMILES string of the molecule is CN(C)c1cc(C#CCNS(C)(=O)=O)c(O)c2c1C[C@H]1C[C@H]3[C@H](N(C)C)C(O)=C(C(N)=O)C(=O)[C@@]3(ON)C(O)=C1C2=O. The molecular formula is C27H33N5O9S. The number of amides is 1. The van der Waals surface area contributed by atoms with Crippen LogP contribution in [0.5, 0.6) is 5.75 Å². The van der Waals surface area contributed by atoms with Crippen molar-refractivity contribution >= 4 is 33.2 Å². The molecule has 14 nitrogen and oxygen atoms in total. The number of fused-ring (bicyclic) bond motifs is 3. The Labute approximate surface area is 242 Å². The number of primary amides is 1. The topological polar surface area (TPSA) is 226 Å². The summed E-state index contributed by atoms with van der Waals surface area (Å²) in [5.74, 6) is 4.04. The number of nitrogens with one attached hydrogen (secondary N) is 1. The number of hydrogen-bond acceptors (Lipinski definition) is 12. The number of benzene rings is 1. The molecule has 226 valence electrons. The molecule has 3 aliphatic carbocycles. The van der Waals surface area contributed by atoms with E-state index < -0.39 is 73.8 Å². The van der Waals surface area contributed by atoms with Crippen LogP contribution in [0.1, 0.15) is 27.9 Å². The third kappa shape index (κ3) is 4.71. The predicted octanol–water partition coefficient (Wildman–Crippen LogP) is -1.01. The van der Waals surface area contributed by atoms with Crippen LogP contribution in [-0.2, 0) is 30.9 Å². The van der Waals surface area contributed by atoms with E-state index in [9.17, 15) is 38.1 Å². The Kier molecular flexibility index (Phi) is 7.91. The minimum Gasteiger partial charge on any atom is -0.510 e. The Morgan fingerprint density at radius 3 is 2.38 bits per heavy atom. The maximum absolute atomic E-state index is 14.1. The number of carbonyl (C=O) groups is 3. The number of anilines is 1. The number of likely N-dealkylation sites (N-methyl/N-ethyl adjacent to an activating group) is 1. The highest BCUT2D eigenvalue weighted by atomic mass is 32.2. The normalized spacial score (nSPS) is 25.5. The number of rotatable bonds is 6. The quantitative estimate of drug-likeness (QED) is 0.131. The molecule has 0 fully saturated rings. The molecule has 0 heterocycles. The van der Waals surface area contributed by atoms with Crippen LogP contribution >= 0.6 is 0 Å². The molecular weight excluding hydrogens is 570 g/mol. The number of ketones is 2. The lowest BCUT2D eigenvalue weighted by molar-refractivity contribution is -0.161. The monoisotopic (exact) mass is 603 g/mol. The van der Waals surface area contributed by atoms with Gasteiger partial charge < -0.3 is 26.0 Å². The van der Waals surface area contributed by atoms with Crippen molar-refractivity contribution < 1.29 is 43.0 Å². The summed E-state index contributed by atoms with van der Waals surface area (Å²) in [4.78, 5) is 48.5. The largest absolute Gasteiger partial charge is 0.510 e. The highest BCUT2D eigenvalue weighted by molar-refractivity contribution is 7.88. The van der Waals surface area contributed by atoms with Crippen LogP contribution in [0.25, 0.3) is 0 Å². The molecule has 4 rings (SSSR count). The van der Waals surface area contributed by atoms with Gasteiger partial charge in [0.05, 0.1) is 30.0 Å². The van der Waals surface area contributed by atoms with Crippen molar-refractivity contribution in [3.8, 4) is 17.6 Å². The Bertz CT molecular complexity index is 1630. The molecule has 0 spiro atoms. The summed E-state index contributed by atoms with van der Waals surface area (Å²) in [7, 11) is 3.12. The summed E-state index contributed by atoms with van der Waals surface area (Å²) >= 11 is 0. The maximum Gasteiger partial charge on any atom is 0.255 e. The maximum atomic E-state index is 14.1. The van der Waals surface area contributed by atoms with Gasteiger partial charge in [-0.1, -0.05) is 11.8 Å². The Balaban J connectivity index is 1.95. The zero-order valence-electron chi connectivity index (χ0n) is 23.7. The zero-order valence-corrected chi connectivity index (χ0v) is 24.5. The lowest BCUT2D eigenvalue weighted by atomic mass is 9.58. The number of sulfonamides is 1. The van der Waals surface area contributed by atoms with E-state index in [1.165, 1.54) is 4.90 Å². The summed E-state index contributed by atoms with van der Waals surface area (Å²) < 4.78 is 24.9. The Hall–Kier alpha value is -3.94. The van der Waals surface area contributed by atoms with Gasteiger partial charge in [0.1, 0.15) is 22.8 Å². The Morgan fingerprint density at radius 2 is 1.86 bits per heavy atom. The van der Waals surface area contributed by atoms with E-state index in [0.29, 0.717) is 11.3 Å². The number of hydrogen-bond donors (Lipinski definition) is 6. The zero-order chi connectivity index (χ0) is 31.5. The van der Waals surface area contributed by atoms with Crippen LogP contribution < -0.4 is 21.3 Å². The number of Topliss-reactive ketones (excluding diaryl/α,β-unsaturated/α-hetero) is 2. The van der Waals surface area contributed by atoms with E-state index in [1.807, 2.05) is 0 Å². The van der Waals surface area contributed by atoms with Crippen molar-refractivity contribution in [2.45, 2.75) is 24.5 Å². The van der Waals surface area contributed by atoms with Crippen molar-refractivity contribution in [2.24, 2.45) is 23.5 Å². The average Bonchev–Trinajstić information content (AvgIpc) is 2.86. The van der Waals surface area contributed by atoms with Crippen LogP contribution in [0.15, 0.2) is 28.7 Å². The molecule has 42 heavy (non-hydrogen) atoms. The Morgan fingerprint density at radius 1 is 1.21 bits per heavy atom. The second-order valence-electron chi connectivity index (χ2n) is 11.0. The molecule has 4 atom stereocenters. The molecule has 1 aromatic carbocycles. The van der Waals surface area contributed by atoms with Gasteiger partial charge >= 0.3 is 0 Å². The van der Waals surface area contributed by atoms with Crippen molar-refractivity contribution in [2.75, 3.05) is 45.9 Å². The number of phenols is 1. The number of aromatic hydroxyl groups is 1. The predicted molar refractivity (Wildman–Crippen MR) is 151 cm³/mol. The number of nitrogens with two attached hydrogens (primary N) is 2. The summed E-state index contributed by atoms with van der Waals surface area (Å²) in [5, 5.41) is 33.8. The molecule has 0 saturated heterocycles. The van der Waals surface area contributed by atoms with Crippen molar-refractivity contribution in [1.82, 2.24) is 9.62 Å². The van der Waals surface area contributed by atoms with E-state index in [-0.39, 0.29) is 36.1 Å². The number of carbonyl (C=O) groups excluding carboxylic acids is 3. The molecule has 0 saturated carbocycles. The second kappa shape index (κ2) is 10.7. The van der Waals surface area contributed by atoms with Crippen LogP contribution in [0.4, 0.5) is 5.69 Å². The van der Waals surface area contributed by atoms with Gasteiger partial charge in [0.2, 0.25) is 21.4 Å². The molecule has 1 aromatic rings. The number of aliphatic hydroxyl groups is 2. The van der Waals surface area contributed by atoms with Gasteiger partial charge in [-0.3, -0.25) is 24.1 Å². The van der Waals surface area contributed by atoms with Crippen molar-refractivity contribution in [1.29, 1.82) is 0 Å². The number of phenolic OH excluding ortho intramolecular Hbond substituents is 1. The molecule has 0 aromatic heterocycles. The van der Waals surface area contributed by atoms with Crippen LogP contribution in [0.2, 0.25) is 0 Å². The van der Waals surface area contributed by atoms with Crippen LogP contribution in [0, 0.1) is 23.7 Å². The van der Waals surface area contributed by atoms with E-state index in [1.54, 1.807) is 39.2 Å². The van der Waals surface area contributed by atoms with Crippen LogP contribution in [0.3, 0.4) is 0 Å². The molecule has 0 aliphatic heterocycles. The smallest absolute Gasteiger partial charge is 0.255 e. The third-order valence-electron chi connectivity index (χ3n) is 7.98.